The molecule has 0 radical (unpaired) electrons. The summed E-state index contributed by atoms with van der Waals surface area (Å²) in [4.78, 5) is 2.50. The average Bonchev–Trinajstić information content (AvgIpc) is 2.87. The topological polar surface area (TPSA) is 24.5 Å². The van der Waals surface area contributed by atoms with Crippen LogP contribution in [-0.4, -0.2) is 44.3 Å². The number of likely N-dealkylation sites (N-methyl/N-ethyl adjacent to an activating group) is 1. The molecule has 2 atom stereocenters. The fourth-order valence-corrected chi connectivity index (χ4v) is 2.75. The van der Waals surface area contributed by atoms with E-state index in [0.29, 0.717) is 12.1 Å². The maximum Gasteiger partial charge on any atom is 0.0710 e. The van der Waals surface area contributed by atoms with Crippen LogP contribution in [0.5, 0.6) is 0 Å². The van der Waals surface area contributed by atoms with Crippen LogP contribution in [0, 0.1) is 6.92 Å². The molecule has 0 spiro atoms. The van der Waals surface area contributed by atoms with E-state index in [-0.39, 0.29) is 0 Å². The first-order valence-electron chi connectivity index (χ1n) is 7.28. The van der Waals surface area contributed by atoms with Gasteiger partial charge in [0, 0.05) is 32.8 Å². The van der Waals surface area contributed by atoms with Gasteiger partial charge in [0.25, 0.3) is 0 Å². The number of likely N-dealkylation sites (tertiary alicyclic amines) is 1. The Morgan fingerprint density at radius 1 is 1.37 bits per heavy atom. The van der Waals surface area contributed by atoms with E-state index in [1.165, 1.54) is 11.1 Å². The molecule has 0 amide bonds. The lowest BCUT2D eigenvalue weighted by Gasteiger charge is -2.25. The molecule has 0 aromatic heterocycles. The Bertz CT molecular complexity index is 377. The minimum absolute atomic E-state index is 0.417. The Hall–Kier alpha value is -0.900. The number of nitrogens with one attached hydrogen (secondary N) is 1. The number of aryl methyl sites for hydroxylation is 1. The van der Waals surface area contributed by atoms with Crippen LogP contribution in [0.4, 0.5) is 0 Å². The van der Waals surface area contributed by atoms with Gasteiger partial charge in [0.1, 0.15) is 0 Å². The summed E-state index contributed by atoms with van der Waals surface area (Å²) >= 11 is 0. The van der Waals surface area contributed by atoms with Gasteiger partial charge in [-0.05, 0) is 25.5 Å². The lowest BCUT2D eigenvalue weighted by molar-refractivity contribution is 0.107. The van der Waals surface area contributed by atoms with E-state index in [1.54, 1.807) is 0 Å². The lowest BCUT2D eigenvalue weighted by atomic mass is 10.0. The Balaban J connectivity index is 1.98. The first-order valence-corrected chi connectivity index (χ1v) is 7.28. The van der Waals surface area contributed by atoms with Gasteiger partial charge in [0.15, 0.2) is 0 Å². The first-order chi connectivity index (χ1) is 9.22. The average molecular weight is 262 g/mol. The molecule has 1 aliphatic rings. The normalized spacial score (nSPS) is 21.7. The molecule has 1 aromatic carbocycles. The summed E-state index contributed by atoms with van der Waals surface area (Å²) in [5, 5.41) is 3.60. The second kappa shape index (κ2) is 7.04. The van der Waals surface area contributed by atoms with Gasteiger partial charge in [0.05, 0.1) is 6.10 Å². The van der Waals surface area contributed by atoms with Crippen molar-refractivity contribution in [2.45, 2.75) is 32.4 Å². The quantitative estimate of drug-likeness (QED) is 0.852. The summed E-state index contributed by atoms with van der Waals surface area (Å²) in [5.41, 5.74) is 2.70. The molecule has 0 saturated carbocycles. The van der Waals surface area contributed by atoms with Gasteiger partial charge < -0.3 is 10.1 Å². The van der Waals surface area contributed by atoms with Gasteiger partial charge in [-0.3, -0.25) is 4.90 Å². The fourth-order valence-electron chi connectivity index (χ4n) is 2.75. The van der Waals surface area contributed by atoms with Crippen LogP contribution >= 0.6 is 0 Å². The zero-order chi connectivity index (χ0) is 13.7. The molecular formula is C16H26N2O. The molecule has 1 aliphatic heterocycles. The summed E-state index contributed by atoms with van der Waals surface area (Å²) < 4.78 is 5.44. The molecule has 3 nitrogen and oxygen atoms in total. The monoisotopic (exact) mass is 262 g/mol. The second-order valence-electron chi connectivity index (χ2n) is 5.43. The molecule has 19 heavy (non-hydrogen) atoms. The SMILES string of the molecule is CCNC(CN1CCC(OC)C1)c1ccc(C)cc1. The van der Waals surface area contributed by atoms with Gasteiger partial charge in [0.2, 0.25) is 0 Å². The highest BCUT2D eigenvalue weighted by molar-refractivity contribution is 5.24. The summed E-state index contributed by atoms with van der Waals surface area (Å²) in [6, 6.07) is 9.30. The Morgan fingerprint density at radius 3 is 2.68 bits per heavy atom. The van der Waals surface area contributed by atoms with Crippen LogP contribution in [0.3, 0.4) is 0 Å². The van der Waals surface area contributed by atoms with Crippen LogP contribution in [-0.2, 0) is 4.74 Å². The Labute approximate surface area is 116 Å². The van der Waals surface area contributed by atoms with Gasteiger partial charge >= 0.3 is 0 Å². The largest absolute Gasteiger partial charge is 0.380 e. The van der Waals surface area contributed by atoms with Crippen LogP contribution in [0.25, 0.3) is 0 Å². The second-order valence-corrected chi connectivity index (χ2v) is 5.43. The highest BCUT2D eigenvalue weighted by Crippen LogP contribution is 2.19. The van der Waals surface area contributed by atoms with Crippen LogP contribution < -0.4 is 5.32 Å². The van der Waals surface area contributed by atoms with E-state index in [4.69, 9.17) is 4.74 Å². The highest BCUT2D eigenvalue weighted by Gasteiger charge is 2.24. The molecule has 0 aliphatic carbocycles. The molecule has 106 valence electrons. The first kappa shape index (κ1) is 14.5. The van der Waals surface area contributed by atoms with Crippen molar-refractivity contribution in [1.82, 2.24) is 10.2 Å². The van der Waals surface area contributed by atoms with Crippen molar-refractivity contribution < 1.29 is 4.74 Å². The number of hydrogen-bond acceptors (Lipinski definition) is 3. The summed E-state index contributed by atoms with van der Waals surface area (Å²) in [5.74, 6) is 0. The Morgan fingerprint density at radius 2 is 2.11 bits per heavy atom. The lowest BCUT2D eigenvalue weighted by Crippen LogP contribution is -2.34. The van der Waals surface area contributed by atoms with Crippen molar-refractivity contribution in [3.63, 3.8) is 0 Å². The Kier molecular flexibility index (Phi) is 5.37. The number of rotatable bonds is 6. The van der Waals surface area contributed by atoms with Crippen LogP contribution in [0.2, 0.25) is 0 Å². The van der Waals surface area contributed by atoms with E-state index in [2.05, 4.69) is 48.3 Å². The third-order valence-corrected chi connectivity index (χ3v) is 3.93. The number of ether oxygens (including phenoxy) is 1. The van der Waals surface area contributed by atoms with E-state index in [1.807, 2.05) is 7.11 Å². The maximum atomic E-state index is 5.44. The number of nitrogens with zero attached hydrogens (tertiary/aromatic N) is 1. The van der Waals surface area contributed by atoms with Gasteiger partial charge in [-0.1, -0.05) is 36.8 Å². The molecule has 1 N–H and O–H groups in total. The maximum absolute atomic E-state index is 5.44. The molecule has 0 bridgehead atoms. The minimum atomic E-state index is 0.417. The van der Waals surface area contributed by atoms with E-state index < -0.39 is 0 Å². The summed E-state index contributed by atoms with van der Waals surface area (Å²) in [6.45, 7) is 8.58. The molecule has 2 rings (SSSR count). The van der Waals surface area contributed by atoms with Gasteiger partial charge in [-0.2, -0.15) is 0 Å². The molecule has 2 unspecified atom stereocenters. The number of benzene rings is 1. The molecule has 1 fully saturated rings. The number of methoxy groups -OCH3 is 1. The van der Waals surface area contributed by atoms with E-state index in [9.17, 15) is 0 Å². The van der Waals surface area contributed by atoms with Crippen molar-refractivity contribution in [2.24, 2.45) is 0 Å². The molecular weight excluding hydrogens is 236 g/mol. The molecule has 1 aromatic rings. The van der Waals surface area contributed by atoms with Crippen molar-refractivity contribution in [3.05, 3.63) is 35.4 Å². The van der Waals surface area contributed by atoms with Crippen LogP contribution in [0.1, 0.15) is 30.5 Å². The van der Waals surface area contributed by atoms with Crippen molar-refractivity contribution in [1.29, 1.82) is 0 Å². The third-order valence-electron chi connectivity index (χ3n) is 3.93. The van der Waals surface area contributed by atoms with Crippen molar-refractivity contribution in [3.8, 4) is 0 Å². The predicted octanol–water partition coefficient (Wildman–Crippen LogP) is 2.37. The summed E-state index contributed by atoms with van der Waals surface area (Å²) in [6.07, 6.45) is 1.57. The predicted molar refractivity (Wildman–Crippen MR) is 79.5 cm³/mol. The number of hydrogen-bond donors (Lipinski definition) is 1. The highest BCUT2D eigenvalue weighted by atomic mass is 16.5. The fraction of sp³-hybridized carbons (Fsp3) is 0.625. The standard InChI is InChI=1S/C16H26N2O/c1-4-17-16(14-7-5-13(2)6-8-14)12-18-10-9-15(11-18)19-3/h5-8,15-17H,4,9-12H2,1-3H3. The zero-order valence-corrected chi connectivity index (χ0v) is 12.4. The van der Waals surface area contributed by atoms with Gasteiger partial charge in [-0.25, -0.2) is 0 Å². The molecule has 1 saturated heterocycles. The third kappa shape index (κ3) is 4.03. The molecule has 3 heteroatoms. The smallest absolute Gasteiger partial charge is 0.0710 e. The zero-order valence-electron chi connectivity index (χ0n) is 12.4. The van der Waals surface area contributed by atoms with Crippen molar-refractivity contribution in [2.75, 3.05) is 33.3 Å². The molecule has 1 heterocycles. The summed E-state index contributed by atoms with van der Waals surface area (Å²) in [7, 11) is 1.82. The van der Waals surface area contributed by atoms with Crippen molar-refractivity contribution >= 4 is 0 Å². The van der Waals surface area contributed by atoms with E-state index >= 15 is 0 Å². The van der Waals surface area contributed by atoms with Crippen LogP contribution in [0.15, 0.2) is 24.3 Å². The van der Waals surface area contributed by atoms with Gasteiger partial charge in [-0.15, -0.1) is 0 Å². The minimum Gasteiger partial charge on any atom is -0.380 e. The van der Waals surface area contributed by atoms with E-state index in [0.717, 1.165) is 32.6 Å².